The van der Waals surface area contributed by atoms with Gasteiger partial charge in [0.2, 0.25) is 0 Å². The second-order valence-electron chi connectivity index (χ2n) is 6.44. The van der Waals surface area contributed by atoms with Crippen LogP contribution >= 0.6 is 0 Å². The van der Waals surface area contributed by atoms with E-state index in [2.05, 4.69) is 0 Å². The summed E-state index contributed by atoms with van der Waals surface area (Å²) in [5.74, 6) is -4.42. The molecule has 0 aromatic rings. The number of rotatable bonds is 2. The number of carbonyl (C=O) groups is 2. The topological polar surface area (TPSA) is 80.3 Å². The number of aliphatic carboxylic acids is 2. The molecule has 0 bridgehead atoms. The third kappa shape index (κ3) is 2.05. The maximum absolute atomic E-state index is 11.6. The van der Waals surface area contributed by atoms with Crippen LogP contribution in [-0.4, -0.2) is 11.9 Å². The number of carbonyl (C=O) groups excluding carboxylic acids is 2. The van der Waals surface area contributed by atoms with Gasteiger partial charge in [-0.2, -0.15) is 0 Å². The van der Waals surface area contributed by atoms with E-state index in [0.29, 0.717) is 0 Å². The van der Waals surface area contributed by atoms with Gasteiger partial charge in [0, 0.05) is 23.8 Å². The largest absolute Gasteiger partial charge is 0.550 e. The van der Waals surface area contributed by atoms with E-state index in [1.54, 1.807) is 0 Å². The molecular formula is C16H20O4-2. The summed E-state index contributed by atoms with van der Waals surface area (Å²) in [7, 11) is 0. The van der Waals surface area contributed by atoms with Gasteiger partial charge in [0.25, 0.3) is 0 Å². The van der Waals surface area contributed by atoms with Gasteiger partial charge in [0.05, 0.1) is 0 Å². The summed E-state index contributed by atoms with van der Waals surface area (Å²) in [4.78, 5) is 23.1. The van der Waals surface area contributed by atoms with Crippen molar-refractivity contribution in [3.8, 4) is 0 Å². The summed E-state index contributed by atoms with van der Waals surface area (Å²) in [5.41, 5.74) is 2.51. The molecule has 4 nitrogen and oxygen atoms in total. The van der Waals surface area contributed by atoms with Crippen molar-refractivity contribution >= 4 is 11.9 Å². The normalized spacial score (nSPS) is 37.0. The zero-order valence-corrected chi connectivity index (χ0v) is 11.6. The predicted octanol–water partition coefficient (Wildman–Crippen LogP) is 0.409. The Hall–Kier alpha value is -1.32. The fourth-order valence-electron chi connectivity index (χ4n) is 4.79. The highest BCUT2D eigenvalue weighted by atomic mass is 16.4. The number of hydrogen-bond acceptors (Lipinski definition) is 4. The Kier molecular flexibility index (Phi) is 3.57. The lowest BCUT2D eigenvalue weighted by Gasteiger charge is -2.50. The predicted molar refractivity (Wildman–Crippen MR) is 67.9 cm³/mol. The lowest BCUT2D eigenvalue weighted by molar-refractivity contribution is -0.331. The van der Waals surface area contributed by atoms with E-state index < -0.39 is 23.8 Å². The molecule has 110 valence electrons. The quantitative estimate of drug-likeness (QED) is 0.684. The van der Waals surface area contributed by atoms with E-state index in [1.807, 2.05) is 0 Å². The summed E-state index contributed by atoms with van der Waals surface area (Å²) in [6, 6.07) is 0. The third-order valence-corrected chi connectivity index (χ3v) is 5.53. The lowest BCUT2D eigenvalue weighted by atomic mass is 9.57. The van der Waals surface area contributed by atoms with Gasteiger partial charge in [-0.3, -0.25) is 0 Å². The summed E-state index contributed by atoms with van der Waals surface area (Å²) < 4.78 is 0. The highest BCUT2D eigenvalue weighted by Crippen LogP contribution is 2.52. The van der Waals surface area contributed by atoms with Crippen molar-refractivity contribution in [3.63, 3.8) is 0 Å². The van der Waals surface area contributed by atoms with Crippen molar-refractivity contribution < 1.29 is 19.8 Å². The molecule has 0 N–H and O–H groups in total. The third-order valence-electron chi connectivity index (χ3n) is 5.53. The summed E-state index contributed by atoms with van der Waals surface area (Å²) >= 11 is 0. The van der Waals surface area contributed by atoms with Gasteiger partial charge in [-0.15, -0.1) is 0 Å². The second kappa shape index (κ2) is 5.23. The van der Waals surface area contributed by atoms with Crippen molar-refractivity contribution in [1.29, 1.82) is 0 Å². The number of carboxylic acid groups (broad SMARTS) is 2. The molecule has 0 aromatic heterocycles. The van der Waals surface area contributed by atoms with Crippen LogP contribution < -0.4 is 10.2 Å². The van der Waals surface area contributed by atoms with E-state index >= 15 is 0 Å². The zero-order chi connectivity index (χ0) is 14.3. The highest BCUT2D eigenvalue weighted by molar-refractivity contribution is 5.80. The fourth-order valence-corrected chi connectivity index (χ4v) is 4.79. The first-order valence-electron chi connectivity index (χ1n) is 7.74. The van der Waals surface area contributed by atoms with Gasteiger partial charge < -0.3 is 19.8 Å². The van der Waals surface area contributed by atoms with Crippen molar-refractivity contribution in [2.24, 2.45) is 23.7 Å². The van der Waals surface area contributed by atoms with E-state index in [0.717, 1.165) is 51.4 Å². The molecule has 3 aliphatic carbocycles. The SMILES string of the molecule is O=C([O-])[C@@H]1[C@H](C(=O)[O-])[C@H]2CCCCC2=C2CCCC[C@@H]21. The summed E-state index contributed by atoms with van der Waals surface area (Å²) in [5, 5.41) is 23.1. The molecule has 20 heavy (non-hydrogen) atoms. The van der Waals surface area contributed by atoms with Crippen molar-refractivity contribution in [3.05, 3.63) is 11.1 Å². The standard InChI is InChI=1S/C16H22O4/c17-15(18)13-11-7-3-1-5-9(11)10-6-2-4-8-12(10)14(13)16(19)20/h11-14H,1-8H2,(H,17,18)(H,19,20)/p-2/t11-,12-,13-,14+/m0/s1. The molecule has 0 aromatic carbocycles. The first-order chi connectivity index (χ1) is 9.61. The smallest absolute Gasteiger partial charge is 0.0458 e. The van der Waals surface area contributed by atoms with Gasteiger partial charge in [0.1, 0.15) is 0 Å². The summed E-state index contributed by atoms with van der Waals surface area (Å²) in [6.45, 7) is 0. The van der Waals surface area contributed by atoms with Gasteiger partial charge >= 0.3 is 0 Å². The Morgan fingerprint density at radius 3 is 1.50 bits per heavy atom. The first kappa shape index (κ1) is 13.7. The molecule has 0 unspecified atom stereocenters. The van der Waals surface area contributed by atoms with Gasteiger partial charge in [-0.1, -0.05) is 24.0 Å². The summed E-state index contributed by atoms with van der Waals surface area (Å²) in [6.07, 6.45) is 7.61. The van der Waals surface area contributed by atoms with Crippen LogP contribution in [0.25, 0.3) is 0 Å². The zero-order valence-electron chi connectivity index (χ0n) is 11.6. The van der Waals surface area contributed by atoms with Crippen LogP contribution in [0.1, 0.15) is 51.4 Å². The number of fused-ring (bicyclic) bond motifs is 2. The monoisotopic (exact) mass is 276 g/mol. The molecule has 2 fully saturated rings. The Labute approximate surface area is 118 Å². The van der Waals surface area contributed by atoms with Crippen LogP contribution in [0.5, 0.6) is 0 Å². The molecule has 0 aliphatic heterocycles. The van der Waals surface area contributed by atoms with Gasteiger partial charge in [0.15, 0.2) is 0 Å². The molecular weight excluding hydrogens is 256 g/mol. The minimum absolute atomic E-state index is 0.124. The molecule has 0 saturated heterocycles. The Balaban J connectivity index is 2.09. The minimum atomic E-state index is -1.20. The Morgan fingerprint density at radius 2 is 1.15 bits per heavy atom. The second-order valence-corrected chi connectivity index (χ2v) is 6.44. The minimum Gasteiger partial charge on any atom is -0.550 e. The van der Waals surface area contributed by atoms with Crippen LogP contribution in [0.4, 0.5) is 0 Å². The van der Waals surface area contributed by atoms with Gasteiger partial charge in [-0.05, 0) is 50.4 Å². The van der Waals surface area contributed by atoms with Crippen molar-refractivity contribution in [1.82, 2.24) is 0 Å². The molecule has 0 amide bonds. The maximum Gasteiger partial charge on any atom is 0.0458 e. The Bertz CT molecular complexity index is 423. The molecule has 2 saturated carbocycles. The molecule has 0 spiro atoms. The molecule has 3 aliphatic rings. The van der Waals surface area contributed by atoms with Crippen LogP contribution in [-0.2, 0) is 9.59 Å². The van der Waals surface area contributed by atoms with E-state index in [4.69, 9.17) is 0 Å². The highest BCUT2D eigenvalue weighted by Gasteiger charge is 2.46. The molecule has 0 heterocycles. The van der Waals surface area contributed by atoms with Crippen LogP contribution in [0, 0.1) is 23.7 Å². The van der Waals surface area contributed by atoms with Gasteiger partial charge in [-0.25, -0.2) is 0 Å². The number of carboxylic acids is 2. The maximum atomic E-state index is 11.6. The molecule has 0 radical (unpaired) electrons. The van der Waals surface area contributed by atoms with Crippen molar-refractivity contribution in [2.75, 3.05) is 0 Å². The first-order valence-corrected chi connectivity index (χ1v) is 7.74. The van der Waals surface area contributed by atoms with Crippen molar-refractivity contribution in [2.45, 2.75) is 51.4 Å². The fraction of sp³-hybridized carbons (Fsp3) is 0.750. The van der Waals surface area contributed by atoms with E-state index in [-0.39, 0.29) is 11.8 Å². The Morgan fingerprint density at radius 1 is 0.750 bits per heavy atom. The molecule has 4 heteroatoms. The molecule has 4 atom stereocenters. The molecule has 3 rings (SSSR count). The average molecular weight is 276 g/mol. The van der Waals surface area contributed by atoms with Crippen LogP contribution in [0.15, 0.2) is 11.1 Å². The number of hydrogen-bond donors (Lipinski definition) is 0. The average Bonchev–Trinajstić information content (AvgIpc) is 2.45. The van der Waals surface area contributed by atoms with E-state index in [9.17, 15) is 19.8 Å². The number of allylic oxidation sites excluding steroid dienone is 2. The van der Waals surface area contributed by atoms with Crippen LogP contribution in [0.3, 0.4) is 0 Å². The lowest BCUT2D eigenvalue weighted by Crippen LogP contribution is -2.53. The van der Waals surface area contributed by atoms with Crippen LogP contribution in [0.2, 0.25) is 0 Å². The van der Waals surface area contributed by atoms with E-state index in [1.165, 1.54) is 11.1 Å².